The lowest BCUT2D eigenvalue weighted by Crippen LogP contribution is -2.47. The number of carbonyl (C=O) groups excluding carboxylic acids is 1. The molecule has 6 heteroatoms. The number of ether oxygens (including phenoxy) is 1. The molecule has 14 heavy (non-hydrogen) atoms. The van der Waals surface area contributed by atoms with Crippen molar-refractivity contribution in [3.63, 3.8) is 0 Å². The van der Waals surface area contributed by atoms with Gasteiger partial charge in [0.25, 0.3) is 0 Å². The molecule has 3 nitrogen and oxygen atoms in total. The number of halogens is 3. The van der Waals surface area contributed by atoms with Crippen molar-refractivity contribution in [1.82, 2.24) is 5.32 Å². The number of methoxy groups -OCH3 is 1. The molecule has 82 valence electrons. The van der Waals surface area contributed by atoms with Crippen molar-refractivity contribution in [2.45, 2.75) is 12.6 Å². The van der Waals surface area contributed by atoms with Gasteiger partial charge in [-0.15, -0.1) is 0 Å². The van der Waals surface area contributed by atoms with Gasteiger partial charge in [-0.3, -0.25) is 4.79 Å². The zero-order chi connectivity index (χ0) is 10.8. The first-order valence-electron chi connectivity index (χ1n) is 4.32. The van der Waals surface area contributed by atoms with Gasteiger partial charge in [0.15, 0.2) is 0 Å². The van der Waals surface area contributed by atoms with Crippen molar-refractivity contribution >= 4 is 5.97 Å². The number of carbonyl (C=O) groups is 1. The average molecular weight is 211 g/mol. The van der Waals surface area contributed by atoms with Crippen LogP contribution in [0.5, 0.6) is 0 Å². The lowest BCUT2D eigenvalue weighted by molar-refractivity contribution is -0.200. The van der Waals surface area contributed by atoms with E-state index in [2.05, 4.69) is 10.1 Å². The second kappa shape index (κ2) is 4.16. The maximum Gasteiger partial charge on any atom is 0.393 e. The van der Waals surface area contributed by atoms with Crippen LogP contribution >= 0.6 is 0 Å². The maximum absolute atomic E-state index is 12.4. The van der Waals surface area contributed by atoms with Gasteiger partial charge in [0.2, 0.25) is 0 Å². The van der Waals surface area contributed by atoms with Crippen LogP contribution in [0.25, 0.3) is 0 Å². The van der Waals surface area contributed by atoms with E-state index >= 15 is 0 Å². The average Bonchev–Trinajstić information content (AvgIpc) is 2.15. The normalized spacial score (nSPS) is 28.6. The molecule has 0 aromatic rings. The molecule has 0 spiro atoms. The summed E-state index contributed by atoms with van der Waals surface area (Å²) in [6.07, 6.45) is -4.16. The fourth-order valence-corrected chi connectivity index (χ4v) is 1.64. The number of alkyl halides is 3. The first kappa shape index (κ1) is 11.3. The Hall–Kier alpha value is -0.780. The summed E-state index contributed by atoms with van der Waals surface area (Å²) in [4.78, 5) is 11.1. The molecule has 0 unspecified atom stereocenters. The summed E-state index contributed by atoms with van der Waals surface area (Å²) in [5.74, 6) is -3.45. The number of nitrogens with one attached hydrogen (secondary N) is 1. The van der Waals surface area contributed by atoms with E-state index in [-0.39, 0.29) is 13.0 Å². The van der Waals surface area contributed by atoms with E-state index in [1.807, 2.05) is 0 Å². The maximum atomic E-state index is 12.4. The minimum absolute atomic E-state index is 0.177. The molecule has 2 atom stereocenters. The highest BCUT2D eigenvalue weighted by atomic mass is 19.4. The molecule has 1 fully saturated rings. The molecule has 1 aliphatic heterocycles. The Balaban J connectivity index is 2.74. The summed E-state index contributed by atoms with van der Waals surface area (Å²) in [6.45, 7) is 0.218. The zero-order valence-electron chi connectivity index (χ0n) is 7.73. The van der Waals surface area contributed by atoms with Crippen LogP contribution in [0.1, 0.15) is 6.42 Å². The van der Waals surface area contributed by atoms with Crippen LogP contribution in [-0.2, 0) is 9.53 Å². The number of hydrogen-bond donors (Lipinski definition) is 1. The SMILES string of the molecule is COC(=O)[C@@H]1CCNC[C@H]1C(F)(F)F. The smallest absolute Gasteiger partial charge is 0.393 e. The number of piperidine rings is 1. The number of hydrogen-bond acceptors (Lipinski definition) is 3. The van der Waals surface area contributed by atoms with Crippen LogP contribution in [0, 0.1) is 11.8 Å². The molecule has 0 bridgehead atoms. The molecule has 0 amide bonds. The molecule has 0 saturated carbocycles. The van der Waals surface area contributed by atoms with Crippen LogP contribution in [0.4, 0.5) is 13.2 Å². The molecule has 1 heterocycles. The minimum atomic E-state index is -4.34. The second-order valence-corrected chi connectivity index (χ2v) is 3.27. The van der Waals surface area contributed by atoms with Gasteiger partial charge >= 0.3 is 12.1 Å². The molecule has 1 aliphatic rings. The molecule has 1 rings (SSSR count). The lowest BCUT2D eigenvalue weighted by atomic mass is 9.86. The zero-order valence-corrected chi connectivity index (χ0v) is 7.73. The van der Waals surface area contributed by atoms with Gasteiger partial charge in [0.1, 0.15) is 0 Å². The second-order valence-electron chi connectivity index (χ2n) is 3.27. The fourth-order valence-electron chi connectivity index (χ4n) is 1.64. The summed E-state index contributed by atoms with van der Waals surface area (Å²) in [7, 11) is 1.11. The van der Waals surface area contributed by atoms with Crippen LogP contribution in [0.15, 0.2) is 0 Å². The number of rotatable bonds is 1. The van der Waals surface area contributed by atoms with E-state index < -0.39 is 24.0 Å². The van der Waals surface area contributed by atoms with Gasteiger partial charge in [0, 0.05) is 6.54 Å². The minimum Gasteiger partial charge on any atom is -0.469 e. The van der Waals surface area contributed by atoms with E-state index in [1.54, 1.807) is 0 Å². The monoisotopic (exact) mass is 211 g/mol. The standard InChI is InChI=1S/C8H12F3NO2/c1-14-7(13)5-2-3-12-4-6(5)8(9,10)11/h5-6,12H,2-4H2,1H3/t5-,6-/m1/s1. The first-order chi connectivity index (χ1) is 6.46. The van der Waals surface area contributed by atoms with Crippen LogP contribution < -0.4 is 5.32 Å². The Bertz CT molecular complexity index is 217. The van der Waals surface area contributed by atoms with Crippen LogP contribution in [0.3, 0.4) is 0 Å². The first-order valence-corrected chi connectivity index (χ1v) is 4.32. The summed E-state index contributed by atoms with van der Waals surface area (Å²) >= 11 is 0. The molecule has 0 radical (unpaired) electrons. The van der Waals surface area contributed by atoms with Gasteiger partial charge < -0.3 is 10.1 Å². The molecular weight excluding hydrogens is 199 g/mol. The van der Waals surface area contributed by atoms with Crippen molar-refractivity contribution in [2.75, 3.05) is 20.2 Å². The van der Waals surface area contributed by atoms with Crippen LogP contribution in [0.2, 0.25) is 0 Å². The van der Waals surface area contributed by atoms with Gasteiger partial charge in [-0.1, -0.05) is 0 Å². The molecular formula is C8H12F3NO2. The fraction of sp³-hybridized carbons (Fsp3) is 0.875. The Morgan fingerprint density at radius 3 is 2.64 bits per heavy atom. The van der Waals surface area contributed by atoms with Gasteiger partial charge in [-0.25, -0.2) is 0 Å². The third-order valence-electron chi connectivity index (χ3n) is 2.41. The van der Waals surface area contributed by atoms with Crippen molar-refractivity contribution < 1.29 is 22.7 Å². The van der Waals surface area contributed by atoms with Crippen molar-refractivity contribution in [1.29, 1.82) is 0 Å². The molecule has 1 N–H and O–H groups in total. The van der Waals surface area contributed by atoms with E-state index in [4.69, 9.17) is 0 Å². The third-order valence-corrected chi connectivity index (χ3v) is 2.41. The molecule has 0 aromatic heterocycles. The largest absolute Gasteiger partial charge is 0.469 e. The van der Waals surface area contributed by atoms with Crippen molar-refractivity contribution in [3.05, 3.63) is 0 Å². The summed E-state index contributed by atoms with van der Waals surface area (Å²) in [5, 5.41) is 2.62. The van der Waals surface area contributed by atoms with E-state index in [1.165, 1.54) is 0 Å². The predicted octanol–water partition coefficient (Wildman–Crippen LogP) is 0.947. The van der Waals surface area contributed by atoms with E-state index in [0.29, 0.717) is 6.54 Å². The third kappa shape index (κ3) is 2.37. The summed E-state index contributed by atoms with van der Waals surface area (Å²) in [5.41, 5.74) is 0. The quantitative estimate of drug-likeness (QED) is 0.656. The van der Waals surface area contributed by atoms with E-state index in [9.17, 15) is 18.0 Å². The Morgan fingerprint density at radius 1 is 1.50 bits per heavy atom. The van der Waals surface area contributed by atoms with Gasteiger partial charge in [-0.05, 0) is 13.0 Å². The summed E-state index contributed by atoms with van der Waals surface area (Å²) in [6, 6.07) is 0. The highest BCUT2D eigenvalue weighted by Crippen LogP contribution is 2.35. The predicted molar refractivity (Wildman–Crippen MR) is 42.5 cm³/mol. The Morgan fingerprint density at radius 2 is 2.14 bits per heavy atom. The van der Waals surface area contributed by atoms with Gasteiger partial charge in [-0.2, -0.15) is 13.2 Å². The molecule has 1 saturated heterocycles. The van der Waals surface area contributed by atoms with Crippen LogP contribution in [-0.4, -0.2) is 32.3 Å². The molecule has 0 aromatic carbocycles. The number of esters is 1. The molecule has 0 aliphatic carbocycles. The van der Waals surface area contributed by atoms with Crippen molar-refractivity contribution in [3.8, 4) is 0 Å². The van der Waals surface area contributed by atoms with Crippen molar-refractivity contribution in [2.24, 2.45) is 11.8 Å². The van der Waals surface area contributed by atoms with Gasteiger partial charge in [0.05, 0.1) is 18.9 Å². The highest BCUT2D eigenvalue weighted by molar-refractivity contribution is 5.72. The topological polar surface area (TPSA) is 38.3 Å². The Kier molecular flexibility index (Phi) is 3.36. The Labute approximate surface area is 79.6 Å². The lowest BCUT2D eigenvalue weighted by Gasteiger charge is -2.31. The summed E-state index contributed by atoms with van der Waals surface area (Å²) < 4.78 is 41.7. The van der Waals surface area contributed by atoms with E-state index in [0.717, 1.165) is 7.11 Å². The highest BCUT2D eigenvalue weighted by Gasteiger charge is 2.48.